The Morgan fingerprint density at radius 2 is 1.83 bits per heavy atom. The standard InChI is InChI=1S/C14H24N2O2/c1-14(2,3)18-13(17)16-10-12-6-4-11(5-7-12)8-9-15/h11-12H,4-8,10H2,1-3H3,(H,16,17)/t11-,12+. The van der Waals surface area contributed by atoms with Gasteiger partial charge in [-0.3, -0.25) is 0 Å². The molecule has 1 saturated carbocycles. The number of nitriles is 1. The van der Waals surface area contributed by atoms with E-state index >= 15 is 0 Å². The Kier molecular flexibility index (Phi) is 5.46. The van der Waals surface area contributed by atoms with Crippen LogP contribution in [-0.2, 0) is 4.74 Å². The summed E-state index contributed by atoms with van der Waals surface area (Å²) in [6, 6.07) is 2.24. The maximum absolute atomic E-state index is 11.5. The minimum Gasteiger partial charge on any atom is -0.444 e. The van der Waals surface area contributed by atoms with Crippen LogP contribution in [0.25, 0.3) is 0 Å². The quantitative estimate of drug-likeness (QED) is 0.838. The minimum atomic E-state index is -0.436. The zero-order chi connectivity index (χ0) is 13.6. The predicted octanol–water partition coefficient (Wildman–Crippen LogP) is 3.23. The molecule has 1 rings (SSSR count). The lowest BCUT2D eigenvalue weighted by atomic mass is 9.81. The summed E-state index contributed by atoms with van der Waals surface area (Å²) in [5.74, 6) is 1.10. The van der Waals surface area contributed by atoms with E-state index in [1.165, 1.54) is 0 Å². The van der Waals surface area contributed by atoms with Crippen molar-refractivity contribution >= 4 is 6.09 Å². The van der Waals surface area contributed by atoms with Crippen molar-refractivity contribution in [3.8, 4) is 6.07 Å². The van der Waals surface area contributed by atoms with E-state index in [1.54, 1.807) is 0 Å². The fourth-order valence-electron chi connectivity index (χ4n) is 2.31. The average molecular weight is 252 g/mol. The highest BCUT2D eigenvalue weighted by Crippen LogP contribution is 2.30. The summed E-state index contributed by atoms with van der Waals surface area (Å²) in [5, 5.41) is 11.5. The molecule has 1 aliphatic carbocycles. The topological polar surface area (TPSA) is 62.1 Å². The van der Waals surface area contributed by atoms with Crippen LogP contribution in [0.2, 0.25) is 0 Å². The fourth-order valence-corrected chi connectivity index (χ4v) is 2.31. The van der Waals surface area contributed by atoms with Crippen molar-refractivity contribution in [1.29, 1.82) is 5.26 Å². The van der Waals surface area contributed by atoms with Crippen LogP contribution in [0.4, 0.5) is 4.79 Å². The van der Waals surface area contributed by atoms with E-state index in [1.807, 2.05) is 20.8 Å². The number of nitrogens with one attached hydrogen (secondary N) is 1. The summed E-state index contributed by atoms with van der Waals surface area (Å²) in [5.41, 5.74) is -0.436. The summed E-state index contributed by atoms with van der Waals surface area (Å²) in [6.07, 6.45) is 4.75. The van der Waals surface area contributed by atoms with Crippen LogP contribution in [0.15, 0.2) is 0 Å². The van der Waals surface area contributed by atoms with Crippen molar-refractivity contribution in [1.82, 2.24) is 5.32 Å². The van der Waals surface area contributed by atoms with Crippen molar-refractivity contribution in [3.05, 3.63) is 0 Å². The van der Waals surface area contributed by atoms with Gasteiger partial charge >= 0.3 is 6.09 Å². The number of carbonyl (C=O) groups is 1. The SMILES string of the molecule is CC(C)(C)OC(=O)NC[C@H]1CC[C@@H](CC#N)CC1. The van der Waals surface area contributed by atoms with Crippen LogP contribution >= 0.6 is 0 Å². The highest BCUT2D eigenvalue weighted by molar-refractivity contribution is 5.67. The van der Waals surface area contributed by atoms with E-state index in [-0.39, 0.29) is 6.09 Å². The van der Waals surface area contributed by atoms with E-state index in [2.05, 4.69) is 11.4 Å². The first-order chi connectivity index (χ1) is 8.40. The molecule has 0 saturated heterocycles. The number of hydrogen-bond acceptors (Lipinski definition) is 3. The summed E-state index contributed by atoms with van der Waals surface area (Å²) in [6.45, 7) is 6.27. The highest BCUT2D eigenvalue weighted by atomic mass is 16.6. The molecule has 0 radical (unpaired) electrons. The molecule has 0 spiro atoms. The van der Waals surface area contributed by atoms with Gasteiger partial charge in [-0.25, -0.2) is 4.79 Å². The van der Waals surface area contributed by atoms with Gasteiger partial charge in [-0.1, -0.05) is 0 Å². The van der Waals surface area contributed by atoms with Gasteiger partial charge in [0, 0.05) is 13.0 Å². The number of rotatable bonds is 3. The van der Waals surface area contributed by atoms with Crippen LogP contribution in [0, 0.1) is 23.2 Å². The third-order valence-corrected chi connectivity index (χ3v) is 3.28. The van der Waals surface area contributed by atoms with Crippen molar-refractivity contribution in [3.63, 3.8) is 0 Å². The van der Waals surface area contributed by atoms with Crippen LogP contribution in [0.1, 0.15) is 52.9 Å². The summed E-state index contributed by atoms with van der Waals surface area (Å²) in [4.78, 5) is 11.5. The fraction of sp³-hybridized carbons (Fsp3) is 0.857. The zero-order valence-corrected chi connectivity index (χ0v) is 11.7. The number of nitrogens with zero attached hydrogens (tertiary/aromatic N) is 1. The van der Waals surface area contributed by atoms with E-state index in [0.717, 1.165) is 25.7 Å². The number of hydrogen-bond donors (Lipinski definition) is 1. The number of carbonyl (C=O) groups excluding carboxylic acids is 1. The average Bonchev–Trinajstić information content (AvgIpc) is 2.26. The normalized spacial score (nSPS) is 24.1. The van der Waals surface area contributed by atoms with Crippen LogP contribution < -0.4 is 5.32 Å². The van der Waals surface area contributed by atoms with Gasteiger partial charge in [0.15, 0.2) is 0 Å². The smallest absolute Gasteiger partial charge is 0.407 e. The molecule has 0 aromatic rings. The van der Waals surface area contributed by atoms with Gasteiger partial charge in [0.05, 0.1) is 6.07 Å². The second kappa shape index (κ2) is 6.63. The van der Waals surface area contributed by atoms with Gasteiger partial charge in [0.25, 0.3) is 0 Å². The lowest BCUT2D eigenvalue weighted by Gasteiger charge is -2.27. The maximum Gasteiger partial charge on any atom is 0.407 e. The lowest BCUT2D eigenvalue weighted by molar-refractivity contribution is 0.0513. The summed E-state index contributed by atoms with van der Waals surface area (Å²) >= 11 is 0. The molecule has 18 heavy (non-hydrogen) atoms. The molecule has 0 unspecified atom stereocenters. The van der Waals surface area contributed by atoms with Gasteiger partial charge in [-0.2, -0.15) is 5.26 Å². The molecule has 0 aromatic heterocycles. The molecule has 4 nitrogen and oxygen atoms in total. The molecule has 1 N–H and O–H groups in total. The lowest BCUT2D eigenvalue weighted by Crippen LogP contribution is -2.36. The molecule has 0 aromatic carbocycles. The monoisotopic (exact) mass is 252 g/mol. The number of ether oxygens (including phenoxy) is 1. The van der Waals surface area contributed by atoms with Gasteiger partial charge in [-0.05, 0) is 58.3 Å². The molecule has 1 amide bonds. The highest BCUT2D eigenvalue weighted by Gasteiger charge is 2.22. The van der Waals surface area contributed by atoms with Crippen molar-refractivity contribution in [2.24, 2.45) is 11.8 Å². The van der Waals surface area contributed by atoms with Crippen LogP contribution in [0.5, 0.6) is 0 Å². The first-order valence-corrected chi connectivity index (χ1v) is 6.74. The molecular weight excluding hydrogens is 228 g/mol. The van der Waals surface area contributed by atoms with E-state index in [0.29, 0.717) is 24.8 Å². The van der Waals surface area contributed by atoms with E-state index in [9.17, 15) is 4.79 Å². The van der Waals surface area contributed by atoms with Crippen molar-refractivity contribution < 1.29 is 9.53 Å². The predicted molar refractivity (Wildman–Crippen MR) is 69.9 cm³/mol. The first-order valence-electron chi connectivity index (χ1n) is 6.74. The maximum atomic E-state index is 11.5. The second-order valence-corrected chi connectivity index (χ2v) is 6.13. The molecule has 102 valence electrons. The van der Waals surface area contributed by atoms with Crippen LogP contribution in [-0.4, -0.2) is 18.2 Å². The largest absolute Gasteiger partial charge is 0.444 e. The third kappa shape index (κ3) is 5.90. The van der Waals surface area contributed by atoms with Crippen LogP contribution in [0.3, 0.4) is 0 Å². The van der Waals surface area contributed by atoms with E-state index < -0.39 is 5.60 Å². The molecule has 1 aliphatic rings. The molecule has 1 fully saturated rings. The Morgan fingerprint density at radius 1 is 1.28 bits per heavy atom. The summed E-state index contributed by atoms with van der Waals surface area (Å²) < 4.78 is 5.20. The molecule has 4 heteroatoms. The van der Waals surface area contributed by atoms with Gasteiger partial charge in [-0.15, -0.1) is 0 Å². The molecular formula is C14H24N2O2. The number of amides is 1. The Hall–Kier alpha value is -1.24. The van der Waals surface area contributed by atoms with Crippen molar-refractivity contribution in [2.75, 3.05) is 6.54 Å². The Balaban J connectivity index is 2.18. The summed E-state index contributed by atoms with van der Waals surface area (Å²) in [7, 11) is 0. The third-order valence-electron chi connectivity index (χ3n) is 3.28. The first kappa shape index (κ1) is 14.8. The minimum absolute atomic E-state index is 0.332. The Labute approximate surface area is 110 Å². The molecule has 0 atom stereocenters. The van der Waals surface area contributed by atoms with Gasteiger partial charge in [0.1, 0.15) is 5.60 Å². The Bertz CT molecular complexity index is 307. The second-order valence-electron chi connectivity index (χ2n) is 6.13. The molecule has 0 aliphatic heterocycles. The van der Waals surface area contributed by atoms with Crippen molar-refractivity contribution in [2.45, 2.75) is 58.5 Å². The van der Waals surface area contributed by atoms with Gasteiger partial charge in [0.2, 0.25) is 0 Å². The molecule has 0 bridgehead atoms. The zero-order valence-electron chi connectivity index (χ0n) is 11.7. The number of alkyl carbamates (subject to hydrolysis) is 1. The van der Waals surface area contributed by atoms with Gasteiger partial charge < -0.3 is 10.1 Å². The Morgan fingerprint density at radius 3 is 2.33 bits per heavy atom. The molecule has 0 heterocycles. The van der Waals surface area contributed by atoms with E-state index in [4.69, 9.17) is 10.00 Å².